The third kappa shape index (κ3) is 40.7. The van der Waals surface area contributed by atoms with Crippen LogP contribution >= 0.6 is 8.53 Å². The summed E-state index contributed by atoms with van der Waals surface area (Å²) >= 11 is 0. The maximum Gasteiger partial charge on any atom is 0.321 e. The molecule has 1 aromatic rings. The molecule has 3 fully saturated rings. The Balaban J connectivity index is 1.59. The highest BCUT2D eigenvalue weighted by Crippen LogP contribution is 2.46. The molecule has 0 saturated carbocycles. The van der Waals surface area contributed by atoms with Crippen molar-refractivity contribution in [2.45, 2.75) is 234 Å². The van der Waals surface area contributed by atoms with Gasteiger partial charge in [0.05, 0.1) is 117 Å². The lowest BCUT2D eigenvalue weighted by Gasteiger charge is -2.45. The average Bonchev–Trinajstić information content (AvgIpc) is 0.804. The third-order valence-electron chi connectivity index (χ3n) is 17.5. The molecule has 3 aliphatic heterocycles. The van der Waals surface area contributed by atoms with Gasteiger partial charge in [0, 0.05) is 108 Å². The maximum absolute atomic E-state index is 15.0. The number of amides is 5. The van der Waals surface area contributed by atoms with E-state index in [1.165, 1.54) is 32.6 Å². The summed E-state index contributed by atoms with van der Waals surface area (Å²) in [7, 11) is -1.74. The summed E-state index contributed by atoms with van der Waals surface area (Å²) in [5.74, 6) is -9.44. The van der Waals surface area contributed by atoms with E-state index in [0.29, 0.717) is 17.9 Å². The van der Waals surface area contributed by atoms with E-state index in [2.05, 4.69) is 38.0 Å². The van der Waals surface area contributed by atoms with Gasteiger partial charge in [0.15, 0.2) is 55.5 Å². The minimum absolute atomic E-state index is 0.00247. The number of nitrogens with one attached hydrogen (secondary N) is 6. The van der Waals surface area contributed by atoms with E-state index >= 15 is 0 Å². The van der Waals surface area contributed by atoms with Crippen molar-refractivity contribution in [3.63, 3.8) is 0 Å². The van der Waals surface area contributed by atoms with Gasteiger partial charge >= 0.3 is 62.2 Å². The van der Waals surface area contributed by atoms with Crippen LogP contribution in [0.2, 0.25) is 0 Å². The number of nitriles is 1. The molecule has 4 rings (SSSR count). The predicted molar refractivity (Wildman–Crippen MR) is 423 cm³/mol. The molecule has 3 aliphatic rings. The second kappa shape index (κ2) is 57.5. The Labute approximate surface area is 715 Å². The summed E-state index contributed by atoms with van der Waals surface area (Å²) in [6.07, 6.45) is -15.4. The van der Waals surface area contributed by atoms with Crippen molar-refractivity contribution >= 4 is 91.8 Å². The number of nitrogens with zero attached hydrogens (tertiary/aromatic N) is 3. The smallest absolute Gasteiger partial charge is 0.321 e. The number of benzene rings is 1. The number of carbonyl (C=O) groups is 14. The highest BCUT2D eigenvalue weighted by molar-refractivity contribution is 7.45. The minimum atomic E-state index is -1.74. The van der Waals surface area contributed by atoms with E-state index in [0.717, 1.165) is 48.5 Å². The molecule has 44 nitrogen and oxygen atoms in total. The zero-order valence-electron chi connectivity index (χ0n) is 72.5. The van der Waals surface area contributed by atoms with Gasteiger partial charge in [-0.25, -0.2) is 4.67 Å². The molecular weight excluding hydrogens is 1650 g/mol. The third-order valence-corrected chi connectivity index (χ3v) is 19.6. The van der Waals surface area contributed by atoms with E-state index in [4.69, 9.17) is 99.0 Å². The molecule has 1 aromatic carbocycles. The lowest BCUT2D eigenvalue weighted by molar-refractivity contribution is -0.279. The van der Waals surface area contributed by atoms with Crippen LogP contribution in [0, 0.1) is 11.3 Å². The number of hydrogen-bond donors (Lipinski definition) is 6. The number of ether oxygens (including phenoxy) is 19. The molecular formula is C78H122N9O35P. The summed E-state index contributed by atoms with van der Waals surface area (Å²) in [6, 6.07) is 4.07. The lowest BCUT2D eigenvalue weighted by Crippen LogP contribution is -2.66. The van der Waals surface area contributed by atoms with Gasteiger partial charge in [-0.15, -0.1) is 0 Å². The van der Waals surface area contributed by atoms with E-state index in [1.807, 2.05) is 32.4 Å². The van der Waals surface area contributed by atoms with Crippen LogP contribution < -0.4 is 36.4 Å². The van der Waals surface area contributed by atoms with E-state index in [1.54, 1.807) is 31.2 Å². The summed E-state index contributed by atoms with van der Waals surface area (Å²) in [5, 5.41) is 26.1. The zero-order valence-corrected chi connectivity index (χ0v) is 73.4. The van der Waals surface area contributed by atoms with E-state index in [9.17, 15) is 72.4 Å². The van der Waals surface area contributed by atoms with Gasteiger partial charge in [-0.3, -0.25) is 72.0 Å². The first kappa shape index (κ1) is 106. The highest BCUT2D eigenvalue weighted by atomic mass is 31.2. The summed E-state index contributed by atoms with van der Waals surface area (Å²) in [4.78, 5) is 179. The van der Waals surface area contributed by atoms with Crippen molar-refractivity contribution < 1.29 is 166 Å². The molecule has 0 aromatic heterocycles. The van der Waals surface area contributed by atoms with E-state index < -0.39 is 216 Å². The van der Waals surface area contributed by atoms with Gasteiger partial charge in [-0.05, 0) is 58.4 Å². The zero-order chi connectivity index (χ0) is 91.3. The van der Waals surface area contributed by atoms with Crippen LogP contribution in [0.25, 0.3) is 0 Å². The standard InChI is InChI=1S/C78H122N9O35P/c1-17-80-66-72(116-55(14)96)69(113-52(11)93)61(42-109-49(8)90)119-76(66)106-36-33-103-29-25-82-65(100)41-86(40-64(99)81-24-28-102-31-32-105-35-38-108-78-68(85-48(7)89)74(118-57(16)98)71(115-54(13)95)63(121-78)44-111-51(10)92)60(39-58-19-21-59(22-20-58)122-123(112-27-18-23-79)87(45(2)3)46(4)5)75(101)83-26-30-104-34-37-107-77-67(84-47(6)88)73(117-56(15)97)70(114-53(12)94)62(120-77)43-110-50(9)91/h19-22,45-46,60-63,66-74,76-78,80H,17-18,24-44H2,1-16H3,(H,81,99)(H,82,100)(H,83,101)(H,84,88)(H,85,89). The van der Waals surface area contributed by atoms with Crippen LogP contribution in [0.3, 0.4) is 0 Å². The van der Waals surface area contributed by atoms with Crippen molar-refractivity contribution in [2.75, 3.05) is 138 Å². The fraction of sp³-hybridized carbons (Fsp3) is 0.731. The molecule has 45 heteroatoms. The first-order chi connectivity index (χ1) is 58.4. The molecule has 694 valence electrons. The Morgan fingerprint density at radius 1 is 0.439 bits per heavy atom. The van der Waals surface area contributed by atoms with Gasteiger partial charge in [-0.2, -0.15) is 5.26 Å². The maximum atomic E-state index is 15.0. The quantitative estimate of drug-likeness (QED) is 0.0206. The van der Waals surface area contributed by atoms with Crippen molar-refractivity contribution in [3.8, 4) is 11.8 Å². The van der Waals surface area contributed by atoms with Gasteiger partial charge in [0.1, 0.15) is 56.0 Å². The van der Waals surface area contributed by atoms with Crippen LogP contribution in [0.4, 0.5) is 0 Å². The van der Waals surface area contributed by atoms with Crippen LogP contribution in [0.1, 0.15) is 123 Å². The first-order valence-corrected chi connectivity index (χ1v) is 41.3. The number of hydrogen-bond acceptors (Lipinski definition) is 39. The van der Waals surface area contributed by atoms with Gasteiger partial charge in [0.2, 0.25) is 29.5 Å². The molecule has 17 unspecified atom stereocenters. The van der Waals surface area contributed by atoms with Crippen LogP contribution in [0.5, 0.6) is 5.75 Å². The Bertz CT molecular complexity index is 3560. The van der Waals surface area contributed by atoms with Gasteiger partial charge in [-0.1, -0.05) is 19.1 Å². The molecule has 17 atom stereocenters. The Kier molecular flexibility index (Phi) is 49.7. The number of carbonyl (C=O) groups excluding carboxylic acids is 14. The number of rotatable bonds is 56. The average molecular weight is 1780 g/mol. The van der Waals surface area contributed by atoms with Crippen LogP contribution in [0.15, 0.2) is 24.3 Å². The fourth-order valence-electron chi connectivity index (χ4n) is 12.9. The molecule has 3 heterocycles. The topological polar surface area (TPSA) is 535 Å². The number of likely N-dealkylation sites (N-methyl/N-ethyl adjacent to an activating group) is 1. The minimum Gasteiger partial charge on any atom is -0.463 e. The second-order valence-corrected chi connectivity index (χ2v) is 29.9. The van der Waals surface area contributed by atoms with Crippen molar-refractivity contribution in [3.05, 3.63) is 29.8 Å². The molecule has 0 spiro atoms. The largest absolute Gasteiger partial charge is 0.463 e. The Hall–Kier alpha value is -9.04. The SMILES string of the molecule is CCNC1C(OCCOCCNC(=O)CN(CC(=O)NCCOCCOCCOC2OC(COC(C)=O)C(OC(C)=O)C(OC(C)=O)C2NC(C)=O)C(Cc2ccc(OP(OCCC#N)N(C(C)C)C(C)C)cc2)C(=O)NCCOCCOC2OC(COC(C)=O)C(OC(C)=O)C(OC(C)=O)C2NC(C)=O)OC(COC(C)=O)C(OC(C)=O)C1OC(C)=O. The molecule has 123 heavy (non-hydrogen) atoms. The Morgan fingerprint density at radius 2 is 0.780 bits per heavy atom. The van der Waals surface area contributed by atoms with E-state index in [-0.39, 0.29) is 130 Å². The molecule has 0 aliphatic carbocycles. The first-order valence-electron chi connectivity index (χ1n) is 40.2. The predicted octanol–water partition coefficient (Wildman–Crippen LogP) is -0.539. The molecule has 0 radical (unpaired) electrons. The van der Waals surface area contributed by atoms with Crippen LogP contribution in [-0.4, -0.2) is 341 Å². The van der Waals surface area contributed by atoms with Crippen molar-refractivity contribution in [2.24, 2.45) is 0 Å². The normalized spacial score (nSPS) is 22.9. The van der Waals surface area contributed by atoms with Gasteiger partial charge < -0.3 is 131 Å². The highest BCUT2D eigenvalue weighted by Gasteiger charge is 2.54. The fourth-order valence-corrected chi connectivity index (χ4v) is 14.5. The molecule has 0 bridgehead atoms. The summed E-state index contributed by atoms with van der Waals surface area (Å²) in [5.41, 5.74) is 0.539. The van der Waals surface area contributed by atoms with Crippen LogP contribution in [-0.2, 0) is 168 Å². The second-order valence-electron chi connectivity index (χ2n) is 28.5. The lowest BCUT2D eigenvalue weighted by atomic mass is 9.96. The number of esters is 9. The monoisotopic (exact) mass is 1780 g/mol. The summed E-state index contributed by atoms with van der Waals surface area (Å²) < 4.78 is 123. The van der Waals surface area contributed by atoms with Crippen molar-refractivity contribution in [1.82, 2.24) is 41.5 Å². The molecule has 6 N–H and O–H groups in total. The molecule has 3 saturated heterocycles. The van der Waals surface area contributed by atoms with Gasteiger partial charge in [0.25, 0.3) is 0 Å². The molecule has 5 amide bonds. The van der Waals surface area contributed by atoms with Crippen molar-refractivity contribution in [1.29, 1.82) is 5.26 Å². The Morgan fingerprint density at radius 3 is 1.12 bits per heavy atom. The summed E-state index contributed by atoms with van der Waals surface area (Å²) in [6.45, 7) is 18.7.